The summed E-state index contributed by atoms with van der Waals surface area (Å²) in [6.45, 7) is 1.74. The van der Waals surface area contributed by atoms with Crippen molar-refractivity contribution in [3.8, 4) is 0 Å². The fourth-order valence-corrected chi connectivity index (χ4v) is 1.98. The molecule has 108 valence electrons. The van der Waals surface area contributed by atoms with E-state index in [9.17, 15) is 14.0 Å². The van der Waals surface area contributed by atoms with Crippen LogP contribution < -0.4 is 5.32 Å². The van der Waals surface area contributed by atoms with Crippen LogP contribution in [0.5, 0.6) is 0 Å². The van der Waals surface area contributed by atoms with Crippen LogP contribution in [0, 0.1) is 12.7 Å². The molecule has 21 heavy (non-hydrogen) atoms. The highest BCUT2D eigenvalue weighted by atomic mass is 35.5. The lowest BCUT2D eigenvalue weighted by Crippen LogP contribution is -2.14. The number of amides is 1. The normalized spacial score (nSPS) is 10.2. The molecule has 2 rings (SSSR count). The van der Waals surface area contributed by atoms with Gasteiger partial charge in [-0.2, -0.15) is 0 Å². The minimum Gasteiger partial charge on any atom is -0.478 e. The molecule has 0 spiro atoms. The standard InChI is InChI=1S/C15H11ClFNO3/c1-8-2-4-12(17)10(6-8)14(19)18-13-5-3-9(15(20)21)7-11(13)16/h2-7H,1H3,(H,18,19)(H,20,21). The van der Waals surface area contributed by atoms with Gasteiger partial charge in [0.1, 0.15) is 5.82 Å². The van der Waals surface area contributed by atoms with Crippen LogP contribution >= 0.6 is 11.6 Å². The average molecular weight is 308 g/mol. The second-order valence-electron chi connectivity index (χ2n) is 4.44. The van der Waals surface area contributed by atoms with Crippen molar-refractivity contribution in [3.05, 3.63) is 63.9 Å². The number of rotatable bonds is 3. The number of aryl methyl sites for hydroxylation is 1. The Morgan fingerprint density at radius 1 is 1.19 bits per heavy atom. The van der Waals surface area contributed by atoms with Crippen LogP contribution in [-0.4, -0.2) is 17.0 Å². The number of hydrogen-bond donors (Lipinski definition) is 2. The highest BCUT2D eigenvalue weighted by Gasteiger charge is 2.14. The molecule has 0 aliphatic heterocycles. The molecule has 2 aromatic carbocycles. The topological polar surface area (TPSA) is 66.4 Å². The SMILES string of the molecule is Cc1ccc(F)c(C(=O)Nc2ccc(C(=O)O)cc2Cl)c1. The van der Waals surface area contributed by atoms with E-state index in [0.29, 0.717) is 0 Å². The van der Waals surface area contributed by atoms with Gasteiger partial charge in [0.05, 0.1) is 21.8 Å². The Kier molecular flexibility index (Phi) is 4.23. The van der Waals surface area contributed by atoms with Gasteiger partial charge in [-0.05, 0) is 37.3 Å². The minimum absolute atomic E-state index is 0.000245. The van der Waals surface area contributed by atoms with Gasteiger partial charge in [0.2, 0.25) is 0 Å². The number of carboxylic acid groups (broad SMARTS) is 1. The minimum atomic E-state index is -1.13. The zero-order valence-electron chi connectivity index (χ0n) is 11.0. The summed E-state index contributed by atoms with van der Waals surface area (Å²) in [7, 11) is 0. The summed E-state index contributed by atoms with van der Waals surface area (Å²) in [5.41, 5.74) is 0.856. The van der Waals surface area contributed by atoms with E-state index >= 15 is 0 Å². The third kappa shape index (κ3) is 3.38. The lowest BCUT2D eigenvalue weighted by Gasteiger charge is -2.09. The highest BCUT2D eigenvalue weighted by molar-refractivity contribution is 6.34. The number of nitrogens with one attached hydrogen (secondary N) is 1. The van der Waals surface area contributed by atoms with Gasteiger partial charge in [-0.1, -0.05) is 23.2 Å². The maximum atomic E-state index is 13.6. The van der Waals surface area contributed by atoms with Crippen molar-refractivity contribution in [2.75, 3.05) is 5.32 Å². The van der Waals surface area contributed by atoms with E-state index in [-0.39, 0.29) is 21.8 Å². The molecule has 0 heterocycles. The molecule has 0 radical (unpaired) electrons. The monoisotopic (exact) mass is 307 g/mol. The van der Waals surface area contributed by atoms with Crippen molar-refractivity contribution in [1.29, 1.82) is 0 Å². The van der Waals surface area contributed by atoms with Gasteiger partial charge in [-0.3, -0.25) is 4.79 Å². The molecule has 0 aliphatic carbocycles. The van der Waals surface area contributed by atoms with Crippen molar-refractivity contribution < 1.29 is 19.1 Å². The molecule has 0 unspecified atom stereocenters. The highest BCUT2D eigenvalue weighted by Crippen LogP contribution is 2.24. The fourth-order valence-electron chi connectivity index (χ4n) is 1.75. The summed E-state index contributed by atoms with van der Waals surface area (Å²) in [6, 6.07) is 8.06. The molecule has 0 saturated carbocycles. The Balaban J connectivity index is 2.27. The Morgan fingerprint density at radius 2 is 1.90 bits per heavy atom. The fraction of sp³-hybridized carbons (Fsp3) is 0.0667. The first-order valence-electron chi connectivity index (χ1n) is 5.99. The number of anilines is 1. The number of carboxylic acids is 1. The summed E-state index contributed by atoms with van der Waals surface area (Å²) in [6.07, 6.45) is 0. The lowest BCUT2D eigenvalue weighted by atomic mass is 10.1. The maximum Gasteiger partial charge on any atom is 0.335 e. The first-order valence-corrected chi connectivity index (χ1v) is 6.36. The Labute approximate surface area is 125 Å². The summed E-state index contributed by atoms with van der Waals surface area (Å²) < 4.78 is 13.6. The summed E-state index contributed by atoms with van der Waals surface area (Å²) in [4.78, 5) is 22.8. The number of carbonyl (C=O) groups excluding carboxylic acids is 1. The average Bonchev–Trinajstić information content (AvgIpc) is 2.43. The predicted molar refractivity (Wildman–Crippen MR) is 77.5 cm³/mol. The Bertz CT molecular complexity index is 731. The van der Waals surface area contributed by atoms with Gasteiger partial charge in [0.25, 0.3) is 5.91 Å². The van der Waals surface area contributed by atoms with Crippen LogP contribution in [0.25, 0.3) is 0 Å². The van der Waals surface area contributed by atoms with Gasteiger partial charge >= 0.3 is 5.97 Å². The Morgan fingerprint density at radius 3 is 2.52 bits per heavy atom. The van der Waals surface area contributed by atoms with Gasteiger partial charge in [-0.25, -0.2) is 9.18 Å². The molecule has 6 heteroatoms. The molecule has 0 bridgehead atoms. The number of aromatic carboxylic acids is 1. The van der Waals surface area contributed by atoms with Crippen LogP contribution in [0.4, 0.5) is 10.1 Å². The van der Waals surface area contributed by atoms with Crippen LogP contribution in [-0.2, 0) is 0 Å². The number of carbonyl (C=O) groups is 2. The summed E-state index contributed by atoms with van der Waals surface area (Å²) >= 11 is 5.90. The second kappa shape index (κ2) is 5.93. The van der Waals surface area contributed by atoms with E-state index in [2.05, 4.69) is 5.32 Å². The van der Waals surface area contributed by atoms with Gasteiger partial charge in [0, 0.05) is 0 Å². The molecule has 2 N–H and O–H groups in total. The van der Waals surface area contributed by atoms with E-state index in [0.717, 1.165) is 5.56 Å². The molecule has 2 aromatic rings. The van der Waals surface area contributed by atoms with E-state index < -0.39 is 17.7 Å². The van der Waals surface area contributed by atoms with E-state index in [1.54, 1.807) is 13.0 Å². The molecular weight excluding hydrogens is 297 g/mol. The first kappa shape index (κ1) is 15.0. The van der Waals surface area contributed by atoms with Crippen molar-refractivity contribution in [3.63, 3.8) is 0 Å². The van der Waals surface area contributed by atoms with Gasteiger partial charge in [0.15, 0.2) is 0 Å². The Hall–Kier alpha value is -2.40. The quantitative estimate of drug-likeness (QED) is 0.907. The van der Waals surface area contributed by atoms with Crippen LogP contribution in [0.1, 0.15) is 26.3 Å². The van der Waals surface area contributed by atoms with Crippen molar-refractivity contribution in [2.45, 2.75) is 6.92 Å². The third-order valence-corrected chi connectivity index (χ3v) is 3.14. The zero-order valence-corrected chi connectivity index (χ0v) is 11.7. The number of benzene rings is 2. The van der Waals surface area contributed by atoms with E-state index in [4.69, 9.17) is 16.7 Å². The van der Waals surface area contributed by atoms with Crippen LogP contribution in [0.3, 0.4) is 0 Å². The van der Waals surface area contributed by atoms with Gasteiger partial charge < -0.3 is 10.4 Å². The molecule has 1 amide bonds. The van der Waals surface area contributed by atoms with Crippen molar-refractivity contribution >= 4 is 29.2 Å². The van der Waals surface area contributed by atoms with E-state index in [1.165, 1.54) is 30.3 Å². The second-order valence-corrected chi connectivity index (χ2v) is 4.84. The third-order valence-electron chi connectivity index (χ3n) is 2.83. The van der Waals surface area contributed by atoms with Crippen LogP contribution in [0.15, 0.2) is 36.4 Å². The van der Waals surface area contributed by atoms with E-state index in [1.807, 2.05) is 0 Å². The molecular formula is C15H11ClFNO3. The van der Waals surface area contributed by atoms with Crippen LogP contribution in [0.2, 0.25) is 5.02 Å². The number of halogens is 2. The molecule has 0 aliphatic rings. The molecule has 0 fully saturated rings. The molecule has 0 aromatic heterocycles. The zero-order chi connectivity index (χ0) is 15.6. The molecule has 0 saturated heterocycles. The number of hydrogen-bond acceptors (Lipinski definition) is 2. The largest absolute Gasteiger partial charge is 0.478 e. The molecule has 0 atom stereocenters. The predicted octanol–water partition coefficient (Wildman–Crippen LogP) is 3.74. The summed E-state index contributed by atoms with van der Waals surface area (Å²) in [5, 5.41) is 11.4. The smallest absolute Gasteiger partial charge is 0.335 e. The summed E-state index contributed by atoms with van der Waals surface area (Å²) in [5.74, 6) is -2.42. The van der Waals surface area contributed by atoms with Gasteiger partial charge in [-0.15, -0.1) is 0 Å². The molecule has 4 nitrogen and oxygen atoms in total. The first-order chi connectivity index (χ1) is 9.88. The van der Waals surface area contributed by atoms with Crippen molar-refractivity contribution in [2.24, 2.45) is 0 Å². The van der Waals surface area contributed by atoms with Crippen molar-refractivity contribution in [1.82, 2.24) is 0 Å². The lowest BCUT2D eigenvalue weighted by molar-refractivity contribution is 0.0696. The maximum absolute atomic E-state index is 13.6.